The highest BCUT2D eigenvalue weighted by Gasteiger charge is 2.17. The number of pyridine rings is 2. The Balaban J connectivity index is 1.47. The van der Waals surface area contributed by atoms with E-state index < -0.39 is 0 Å². The minimum atomic E-state index is -0.277. The van der Waals surface area contributed by atoms with E-state index in [0.29, 0.717) is 18.2 Å². The molecule has 1 fully saturated rings. The van der Waals surface area contributed by atoms with Crippen LogP contribution in [0.15, 0.2) is 67.6 Å². The van der Waals surface area contributed by atoms with Gasteiger partial charge in [0.25, 0.3) is 0 Å². The molecular formula is C27H27N7O2. The Labute approximate surface area is 209 Å². The number of nitrogens with one attached hydrogen (secondary N) is 3. The third-order valence-corrected chi connectivity index (χ3v) is 5.99. The van der Waals surface area contributed by atoms with Gasteiger partial charge in [0, 0.05) is 42.1 Å². The lowest BCUT2D eigenvalue weighted by Gasteiger charge is -2.23. The van der Waals surface area contributed by atoms with Crippen LogP contribution in [-0.2, 0) is 16.0 Å². The summed E-state index contributed by atoms with van der Waals surface area (Å²) in [5.74, 6) is 0.179. The van der Waals surface area contributed by atoms with Crippen molar-refractivity contribution in [1.82, 2.24) is 25.3 Å². The summed E-state index contributed by atoms with van der Waals surface area (Å²) < 4.78 is 5.78. The molecule has 9 nitrogen and oxygen atoms in total. The van der Waals surface area contributed by atoms with Gasteiger partial charge in [-0.2, -0.15) is 0 Å². The fourth-order valence-corrected chi connectivity index (χ4v) is 4.17. The van der Waals surface area contributed by atoms with Gasteiger partial charge < -0.3 is 20.7 Å². The lowest BCUT2D eigenvalue weighted by Crippen LogP contribution is -2.33. The summed E-state index contributed by atoms with van der Waals surface area (Å²) in [6, 6.07) is 11.6. The van der Waals surface area contributed by atoms with E-state index in [1.165, 1.54) is 6.08 Å². The van der Waals surface area contributed by atoms with Crippen LogP contribution in [0.25, 0.3) is 22.2 Å². The van der Waals surface area contributed by atoms with E-state index in [-0.39, 0.29) is 12.0 Å². The van der Waals surface area contributed by atoms with Gasteiger partial charge in [-0.05, 0) is 42.3 Å². The number of ether oxygens (including phenoxy) is 1. The molecule has 5 rings (SSSR count). The molecule has 0 bridgehead atoms. The highest BCUT2D eigenvalue weighted by molar-refractivity contribution is 6.00. The van der Waals surface area contributed by atoms with Gasteiger partial charge in [-0.15, -0.1) is 0 Å². The van der Waals surface area contributed by atoms with Crippen LogP contribution >= 0.6 is 0 Å². The van der Waals surface area contributed by atoms with Gasteiger partial charge in [0.05, 0.1) is 35.4 Å². The molecule has 3 N–H and O–H groups in total. The predicted molar refractivity (Wildman–Crippen MR) is 140 cm³/mol. The zero-order valence-electron chi connectivity index (χ0n) is 20.0. The normalized spacial score (nSPS) is 15.4. The molecule has 36 heavy (non-hydrogen) atoms. The zero-order chi connectivity index (χ0) is 24.9. The molecule has 182 valence electrons. The molecule has 0 saturated carbocycles. The quantitative estimate of drug-likeness (QED) is 0.337. The average Bonchev–Trinajstić information content (AvgIpc) is 2.93. The number of aryl methyl sites for hydroxylation is 1. The van der Waals surface area contributed by atoms with Gasteiger partial charge in [0.15, 0.2) is 0 Å². The van der Waals surface area contributed by atoms with Crippen molar-refractivity contribution in [3.63, 3.8) is 0 Å². The number of morpholine rings is 1. The molecule has 4 aromatic rings. The number of hydrogen-bond donors (Lipinski definition) is 3. The Bertz CT molecular complexity index is 1400. The monoisotopic (exact) mass is 481 g/mol. The summed E-state index contributed by atoms with van der Waals surface area (Å²) in [5.41, 5.74) is 5.80. The number of benzene rings is 1. The van der Waals surface area contributed by atoms with Crippen LogP contribution in [-0.4, -0.2) is 45.5 Å². The minimum Gasteiger partial charge on any atom is -0.369 e. The topological polar surface area (TPSA) is 114 Å². The maximum Gasteiger partial charge on any atom is 0.247 e. The summed E-state index contributed by atoms with van der Waals surface area (Å²) in [6.07, 6.45) is 7.22. The van der Waals surface area contributed by atoms with Crippen molar-refractivity contribution < 1.29 is 9.53 Å². The average molecular weight is 482 g/mol. The van der Waals surface area contributed by atoms with Crippen LogP contribution in [0.1, 0.15) is 24.3 Å². The number of amides is 1. The number of aromatic nitrogens is 4. The van der Waals surface area contributed by atoms with Crippen molar-refractivity contribution >= 4 is 34.1 Å². The van der Waals surface area contributed by atoms with Crippen LogP contribution in [0.3, 0.4) is 0 Å². The molecule has 9 heteroatoms. The van der Waals surface area contributed by atoms with Crippen LogP contribution < -0.4 is 16.0 Å². The molecule has 1 aromatic carbocycles. The smallest absolute Gasteiger partial charge is 0.247 e. The number of rotatable bonds is 7. The number of carbonyl (C=O) groups is 1. The first-order valence-corrected chi connectivity index (χ1v) is 11.9. The van der Waals surface area contributed by atoms with Crippen molar-refractivity contribution in [3.05, 3.63) is 78.9 Å². The number of hydrogen-bond acceptors (Lipinski definition) is 8. The maximum atomic E-state index is 11.8. The molecule has 4 heterocycles. The largest absolute Gasteiger partial charge is 0.369 e. The van der Waals surface area contributed by atoms with Gasteiger partial charge >= 0.3 is 0 Å². The Morgan fingerprint density at radius 1 is 1.17 bits per heavy atom. The van der Waals surface area contributed by atoms with Gasteiger partial charge in [0.1, 0.15) is 6.10 Å². The molecule has 1 aliphatic heterocycles. The second kappa shape index (κ2) is 10.6. The third-order valence-electron chi connectivity index (χ3n) is 5.99. The van der Waals surface area contributed by atoms with Crippen molar-refractivity contribution in [2.75, 3.05) is 30.3 Å². The summed E-state index contributed by atoms with van der Waals surface area (Å²) in [5, 5.41) is 10.3. The molecular weight excluding hydrogens is 454 g/mol. The van der Waals surface area contributed by atoms with E-state index in [1.54, 1.807) is 24.7 Å². The minimum absolute atomic E-state index is 0.0423. The highest BCUT2D eigenvalue weighted by atomic mass is 16.5. The second-order valence-corrected chi connectivity index (χ2v) is 8.37. The summed E-state index contributed by atoms with van der Waals surface area (Å²) >= 11 is 0. The Hall–Kier alpha value is -4.21. The lowest BCUT2D eigenvalue weighted by molar-refractivity contribution is -0.111. The van der Waals surface area contributed by atoms with Gasteiger partial charge in [-0.1, -0.05) is 25.6 Å². The maximum absolute atomic E-state index is 11.8. The molecule has 0 radical (unpaired) electrons. The molecule has 0 spiro atoms. The van der Waals surface area contributed by atoms with Crippen molar-refractivity contribution in [2.24, 2.45) is 0 Å². The molecule has 1 unspecified atom stereocenters. The molecule has 1 amide bonds. The lowest BCUT2D eigenvalue weighted by atomic mass is 9.98. The molecule has 1 atom stereocenters. The molecule has 1 saturated heterocycles. The third kappa shape index (κ3) is 5.07. The van der Waals surface area contributed by atoms with Crippen LogP contribution in [0, 0.1) is 0 Å². The zero-order valence-corrected chi connectivity index (χ0v) is 20.0. The summed E-state index contributed by atoms with van der Waals surface area (Å²) in [4.78, 5) is 30.3. The number of nitrogens with zero attached hydrogens (tertiary/aromatic N) is 4. The van der Waals surface area contributed by atoms with Crippen LogP contribution in [0.4, 0.5) is 17.3 Å². The van der Waals surface area contributed by atoms with E-state index >= 15 is 0 Å². The van der Waals surface area contributed by atoms with E-state index in [0.717, 1.165) is 58.6 Å². The Morgan fingerprint density at radius 3 is 2.83 bits per heavy atom. The number of carbonyl (C=O) groups excluding carboxylic acids is 1. The van der Waals surface area contributed by atoms with E-state index in [4.69, 9.17) is 9.72 Å². The van der Waals surface area contributed by atoms with E-state index in [2.05, 4.69) is 50.5 Å². The number of fused-ring (bicyclic) bond motifs is 1. The fraction of sp³-hybridized carbons (Fsp3) is 0.222. The highest BCUT2D eigenvalue weighted by Crippen LogP contribution is 2.32. The first-order valence-electron chi connectivity index (χ1n) is 11.9. The Kier molecular flexibility index (Phi) is 6.92. The SMILES string of the molecule is C=CC(=O)Nc1ccnc(-c2c(CC)ccc3cnc(Nc4ccc(C5CNCCO5)nc4)nc23)c1. The van der Waals surface area contributed by atoms with Crippen molar-refractivity contribution in [1.29, 1.82) is 0 Å². The number of anilines is 3. The molecule has 1 aliphatic rings. The van der Waals surface area contributed by atoms with Crippen LogP contribution in [0.2, 0.25) is 0 Å². The van der Waals surface area contributed by atoms with Crippen LogP contribution in [0.5, 0.6) is 0 Å². The van der Waals surface area contributed by atoms with Crippen molar-refractivity contribution in [3.8, 4) is 11.3 Å². The van der Waals surface area contributed by atoms with E-state index in [9.17, 15) is 4.79 Å². The van der Waals surface area contributed by atoms with Gasteiger partial charge in [-0.3, -0.25) is 14.8 Å². The standard InChI is InChI=1S/C27H27N7O2/c1-3-17-5-6-18-14-31-27(33-20-7-8-21(30-15-20)23-16-28-11-12-36-23)34-26(18)25(17)22-13-19(9-10-29-22)32-24(35)4-2/h4-10,13-15,23,28H,2-3,11-12,16H2,1H3,(H,29,32,35)(H,31,33,34). The summed E-state index contributed by atoms with van der Waals surface area (Å²) in [7, 11) is 0. The van der Waals surface area contributed by atoms with E-state index in [1.807, 2.05) is 24.3 Å². The second-order valence-electron chi connectivity index (χ2n) is 8.37. The summed E-state index contributed by atoms with van der Waals surface area (Å²) in [6.45, 7) is 7.90. The Morgan fingerprint density at radius 2 is 2.08 bits per heavy atom. The molecule has 3 aromatic heterocycles. The first-order chi connectivity index (χ1) is 17.6. The first kappa shape index (κ1) is 23.5. The van der Waals surface area contributed by atoms with Crippen molar-refractivity contribution in [2.45, 2.75) is 19.4 Å². The molecule has 0 aliphatic carbocycles. The van der Waals surface area contributed by atoms with Gasteiger partial charge in [0.2, 0.25) is 11.9 Å². The fourth-order valence-electron chi connectivity index (χ4n) is 4.17. The van der Waals surface area contributed by atoms with Gasteiger partial charge in [-0.25, -0.2) is 9.97 Å². The predicted octanol–water partition coefficient (Wildman–Crippen LogP) is 4.18.